The van der Waals surface area contributed by atoms with Gasteiger partial charge >= 0.3 is 5.97 Å². The van der Waals surface area contributed by atoms with Crippen LogP contribution in [0.15, 0.2) is 30.3 Å². The minimum Gasteiger partial charge on any atom is -0.492 e. The molecule has 2 N–H and O–H groups in total. The van der Waals surface area contributed by atoms with Crippen molar-refractivity contribution in [3.63, 3.8) is 0 Å². The Labute approximate surface area is 166 Å². The summed E-state index contributed by atoms with van der Waals surface area (Å²) in [5.41, 5.74) is 3.26. The van der Waals surface area contributed by atoms with Crippen LogP contribution in [-0.4, -0.2) is 35.3 Å². The molecule has 1 saturated heterocycles. The molecule has 0 spiro atoms. The van der Waals surface area contributed by atoms with Crippen LogP contribution in [0.1, 0.15) is 34.5 Å². The number of aryl methyl sites for hydroxylation is 2. The molecule has 26 heavy (non-hydrogen) atoms. The number of carboxylic acids is 1. The third-order valence-electron chi connectivity index (χ3n) is 4.38. The van der Waals surface area contributed by atoms with Gasteiger partial charge in [-0.3, -0.25) is 4.98 Å². The van der Waals surface area contributed by atoms with E-state index in [1.807, 2.05) is 30.3 Å². The third kappa shape index (κ3) is 5.10. The average molecular weight is 399 g/mol. The molecule has 142 valence electrons. The number of aromatic nitrogens is 1. The molecule has 1 aromatic carbocycles. The Morgan fingerprint density at radius 2 is 1.96 bits per heavy atom. The maximum Gasteiger partial charge on any atom is 0.337 e. The quantitative estimate of drug-likeness (QED) is 0.794. The molecule has 1 atom stereocenters. The second kappa shape index (κ2) is 9.76. The van der Waals surface area contributed by atoms with Crippen LogP contribution in [0.2, 0.25) is 0 Å². The number of aromatic carboxylic acids is 1. The van der Waals surface area contributed by atoms with E-state index < -0.39 is 5.97 Å². The van der Waals surface area contributed by atoms with Crippen LogP contribution < -0.4 is 10.1 Å². The fourth-order valence-electron chi connectivity index (χ4n) is 3.12. The van der Waals surface area contributed by atoms with E-state index in [4.69, 9.17) is 4.74 Å². The van der Waals surface area contributed by atoms with Crippen molar-refractivity contribution in [2.75, 3.05) is 13.2 Å². The van der Waals surface area contributed by atoms with Gasteiger partial charge in [-0.15, -0.1) is 24.8 Å². The van der Waals surface area contributed by atoms with Crippen LogP contribution in [0.3, 0.4) is 0 Å². The van der Waals surface area contributed by atoms with Crippen molar-refractivity contribution < 1.29 is 14.6 Å². The van der Waals surface area contributed by atoms with Gasteiger partial charge in [0, 0.05) is 11.6 Å². The van der Waals surface area contributed by atoms with Gasteiger partial charge in [0.25, 0.3) is 0 Å². The normalized spacial score (nSPS) is 15.7. The van der Waals surface area contributed by atoms with E-state index in [0.717, 1.165) is 35.5 Å². The Morgan fingerprint density at radius 1 is 1.27 bits per heavy atom. The van der Waals surface area contributed by atoms with Gasteiger partial charge in [0.1, 0.15) is 12.4 Å². The number of nitrogens with zero attached hydrogens (tertiary/aromatic N) is 1. The molecule has 0 amide bonds. The summed E-state index contributed by atoms with van der Waals surface area (Å²) >= 11 is 0. The van der Waals surface area contributed by atoms with Crippen LogP contribution in [0.25, 0.3) is 11.3 Å². The molecule has 2 heterocycles. The molecule has 2 aromatic rings. The Morgan fingerprint density at radius 3 is 2.50 bits per heavy atom. The van der Waals surface area contributed by atoms with E-state index >= 15 is 0 Å². The predicted octanol–water partition coefficient (Wildman–Crippen LogP) is 4.04. The molecule has 3 rings (SSSR count). The molecule has 7 heteroatoms. The van der Waals surface area contributed by atoms with Gasteiger partial charge in [-0.05, 0) is 69.1 Å². The SMILES string of the molecule is Cc1cc(-c2ccc(OCC3CCCN3)cc2)nc(C)c1C(=O)O.Cl.Cl. The molecule has 0 saturated carbocycles. The molecule has 1 aliphatic rings. The zero-order chi connectivity index (χ0) is 17.1. The number of hydrogen-bond acceptors (Lipinski definition) is 4. The van der Waals surface area contributed by atoms with Crippen molar-refractivity contribution >= 4 is 30.8 Å². The van der Waals surface area contributed by atoms with Crippen molar-refractivity contribution in [2.45, 2.75) is 32.7 Å². The Kier molecular flexibility index (Phi) is 8.34. The number of ether oxygens (including phenoxy) is 1. The molecule has 0 radical (unpaired) electrons. The maximum atomic E-state index is 11.3. The van der Waals surface area contributed by atoms with Crippen molar-refractivity contribution in [3.8, 4) is 17.0 Å². The van der Waals surface area contributed by atoms with Crippen molar-refractivity contribution in [2.24, 2.45) is 0 Å². The number of carbonyl (C=O) groups is 1. The molecular weight excluding hydrogens is 375 g/mol. The molecule has 0 aliphatic carbocycles. The molecule has 1 fully saturated rings. The van der Waals surface area contributed by atoms with Crippen molar-refractivity contribution in [1.29, 1.82) is 0 Å². The van der Waals surface area contributed by atoms with Gasteiger partial charge in [0.05, 0.1) is 17.0 Å². The first kappa shape index (κ1) is 22.2. The highest BCUT2D eigenvalue weighted by atomic mass is 35.5. The highest BCUT2D eigenvalue weighted by Crippen LogP contribution is 2.24. The second-order valence-corrected chi connectivity index (χ2v) is 6.22. The summed E-state index contributed by atoms with van der Waals surface area (Å²) in [6, 6.07) is 10.0. The lowest BCUT2D eigenvalue weighted by molar-refractivity contribution is 0.0695. The summed E-state index contributed by atoms with van der Waals surface area (Å²) in [7, 11) is 0. The smallest absolute Gasteiger partial charge is 0.337 e. The first-order valence-electron chi connectivity index (χ1n) is 8.23. The van der Waals surface area contributed by atoms with E-state index in [2.05, 4.69) is 10.3 Å². The van der Waals surface area contributed by atoms with Gasteiger partial charge < -0.3 is 15.2 Å². The molecule has 1 aromatic heterocycles. The van der Waals surface area contributed by atoms with Crippen LogP contribution in [-0.2, 0) is 0 Å². The lowest BCUT2D eigenvalue weighted by Gasteiger charge is -2.13. The topological polar surface area (TPSA) is 71.5 Å². The van der Waals surface area contributed by atoms with E-state index in [-0.39, 0.29) is 30.4 Å². The molecule has 5 nitrogen and oxygen atoms in total. The summed E-state index contributed by atoms with van der Waals surface area (Å²) in [6.45, 7) is 5.28. The standard InChI is InChI=1S/C19H22N2O3.2ClH/c1-12-10-17(21-13(2)18(12)19(22)23)14-5-7-16(8-6-14)24-11-15-4-3-9-20-15;;/h5-8,10,15,20H,3-4,9,11H2,1-2H3,(H,22,23);2*1H. The van der Waals surface area contributed by atoms with Crippen molar-refractivity contribution in [3.05, 3.63) is 47.2 Å². The van der Waals surface area contributed by atoms with E-state index in [1.165, 1.54) is 6.42 Å². The predicted molar refractivity (Wildman–Crippen MR) is 107 cm³/mol. The average Bonchev–Trinajstić information content (AvgIpc) is 3.06. The summed E-state index contributed by atoms with van der Waals surface area (Å²) < 4.78 is 5.82. The number of hydrogen-bond donors (Lipinski definition) is 2. The molecule has 1 unspecified atom stereocenters. The number of nitrogens with one attached hydrogen (secondary N) is 1. The third-order valence-corrected chi connectivity index (χ3v) is 4.38. The van der Waals surface area contributed by atoms with Crippen LogP contribution in [0.4, 0.5) is 0 Å². The minimum atomic E-state index is -0.937. The highest BCUT2D eigenvalue weighted by Gasteiger charge is 2.15. The highest BCUT2D eigenvalue weighted by molar-refractivity contribution is 5.91. The number of carboxylic acid groups (broad SMARTS) is 1. The van der Waals surface area contributed by atoms with E-state index in [1.54, 1.807) is 13.8 Å². The van der Waals surface area contributed by atoms with Crippen LogP contribution >= 0.6 is 24.8 Å². The molecule has 0 bridgehead atoms. The number of halogens is 2. The first-order valence-corrected chi connectivity index (χ1v) is 8.23. The van der Waals surface area contributed by atoms with Gasteiger partial charge in [0.2, 0.25) is 0 Å². The lowest BCUT2D eigenvalue weighted by Crippen LogP contribution is -2.28. The van der Waals surface area contributed by atoms with Gasteiger partial charge in [-0.25, -0.2) is 4.79 Å². The maximum absolute atomic E-state index is 11.3. The Balaban J connectivity index is 0.00000169. The van der Waals surface area contributed by atoms with Crippen LogP contribution in [0, 0.1) is 13.8 Å². The van der Waals surface area contributed by atoms with Gasteiger partial charge in [-0.1, -0.05) is 0 Å². The van der Waals surface area contributed by atoms with E-state index in [0.29, 0.717) is 18.3 Å². The lowest BCUT2D eigenvalue weighted by atomic mass is 10.0. The Hall–Kier alpha value is -1.82. The van der Waals surface area contributed by atoms with Crippen molar-refractivity contribution in [1.82, 2.24) is 10.3 Å². The zero-order valence-corrected chi connectivity index (χ0v) is 16.5. The minimum absolute atomic E-state index is 0. The fraction of sp³-hybridized carbons (Fsp3) is 0.368. The summed E-state index contributed by atoms with van der Waals surface area (Å²) in [6.07, 6.45) is 2.38. The largest absolute Gasteiger partial charge is 0.492 e. The first-order chi connectivity index (χ1) is 11.5. The fourth-order valence-corrected chi connectivity index (χ4v) is 3.12. The monoisotopic (exact) mass is 398 g/mol. The van der Waals surface area contributed by atoms with Gasteiger partial charge in [0.15, 0.2) is 0 Å². The summed E-state index contributed by atoms with van der Waals surface area (Å²) in [4.78, 5) is 15.7. The van der Waals surface area contributed by atoms with Gasteiger partial charge in [-0.2, -0.15) is 0 Å². The second-order valence-electron chi connectivity index (χ2n) is 6.22. The Bertz CT molecular complexity index is 722. The zero-order valence-electron chi connectivity index (χ0n) is 14.8. The molecule has 1 aliphatic heterocycles. The molecular formula is C19H24Cl2N2O3. The number of benzene rings is 1. The summed E-state index contributed by atoms with van der Waals surface area (Å²) in [5, 5.41) is 12.6. The summed E-state index contributed by atoms with van der Waals surface area (Å²) in [5.74, 6) is -0.101. The van der Waals surface area contributed by atoms with E-state index in [9.17, 15) is 9.90 Å². The van der Waals surface area contributed by atoms with Crippen LogP contribution in [0.5, 0.6) is 5.75 Å². The number of rotatable bonds is 5. The number of pyridine rings is 1.